The summed E-state index contributed by atoms with van der Waals surface area (Å²) in [4.78, 5) is 72.4. The van der Waals surface area contributed by atoms with Gasteiger partial charge in [0, 0.05) is 25.7 Å². The van der Waals surface area contributed by atoms with Gasteiger partial charge in [-0.05, 0) is 31.6 Å². The van der Waals surface area contributed by atoms with Crippen LogP contribution in [-0.2, 0) is 65.4 Å². The van der Waals surface area contributed by atoms with Crippen molar-refractivity contribution in [1.82, 2.24) is 0 Å². The van der Waals surface area contributed by atoms with Gasteiger partial charge in [-0.1, -0.05) is 317 Å². The number of hydrogen-bond acceptors (Lipinski definition) is 15. The Labute approximate surface area is 549 Å². The number of carbonyl (C=O) groups excluding carboxylic acids is 4. The smallest absolute Gasteiger partial charge is 0.462 e. The maximum atomic E-state index is 13.0. The van der Waals surface area contributed by atoms with Gasteiger partial charge in [-0.15, -0.1) is 0 Å². The van der Waals surface area contributed by atoms with E-state index < -0.39 is 97.5 Å². The maximum absolute atomic E-state index is 13.0. The lowest BCUT2D eigenvalue weighted by molar-refractivity contribution is -0.161. The summed E-state index contributed by atoms with van der Waals surface area (Å²) in [5.41, 5.74) is 0. The van der Waals surface area contributed by atoms with Crippen LogP contribution < -0.4 is 0 Å². The van der Waals surface area contributed by atoms with Crippen LogP contribution in [0.1, 0.15) is 369 Å². The fraction of sp³-hybridized carbons (Fsp3) is 0.944. The minimum atomic E-state index is -4.95. The molecule has 0 radical (unpaired) electrons. The summed E-state index contributed by atoms with van der Waals surface area (Å²) >= 11 is 0. The van der Waals surface area contributed by atoms with Gasteiger partial charge in [0.25, 0.3) is 0 Å². The first-order valence-corrected chi connectivity index (χ1v) is 40.1. The zero-order valence-electron chi connectivity index (χ0n) is 58.3. The van der Waals surface area contributed by atoms with Gasteiger partial charge >= 0.3 is 39.5 Å². The Morgan fingerprint density at radius 2 is 0.511 bits per heavy atom. The Morgan fingerprint density at radius 1 is 0.300 bits per heavy atom. The number of ether oxygens (including phenoxy) is 4. The van der Waals surface area contributed by atoms with Crippen molar-refractivity contribution in [2.24, 2.45) is 5.92 Å². The first-order chi connectivity index (χ1) is 43.5. The first kappa shape index (κ1) is 88.1. The molecule has 2 unspecified atom stereocenters. The van der Waals surface area contributed by atoms with E-state index in [1.807, 2.05) is 0 Å². The molecule has 534 valence electrons. The third-order valence-corrected chi connectivity index (χ3v) is 18.4. The second-order valence-electron chi connectivity index (χ2n) is 26.1. The predicted molar refractivity (Wildman–Crippen MR) is 363 cm³/mol. The van der Waals surface area contributed by atoms with Crippen LogP contribution in [0.15, 0.2) is 0 Å². The molecule has 0 fully saturated rings. The summed E-state index contributed by atoms with van der Waals surface area (Å²) in [7, 11) is -9.89. The Morgan fingerprint density at radius 3 is 0.756 bits per heavy atom. The standard InChI is InChI=1S/C71H138O17P2/c1-6-9-12-15-18-20-22-24-25-26-27-28-29-30-31-33-35-41-46-51-56-70(75)87-67(61-82-69(74)55-50-45-40-34-32-23-21-19-16-13-10-7-2)63-86-90(79,80)84-59-65(72)58-83-89(77,78)85-62-66(60-81-68(73)54-49-44-38-17-14-11-8-3)88-71(76)57-52-47-42-37-36-39-43-48-53-64(4)5/h64-67,72H,6-63H2,1-5H3,(H,77,78)(H,79,80)/t65-,66+,67+/m0/s1. The SMILES string of the molecule is CCCCCCCCCCCCCCCCCCCCCCC(=O)O[C@H](COC(=O)CCCCCCCCCCCCCC)COP(=O)(O)OC[C@@H](O)COP(=O)(O)OC[C@@H](COC(=O)CCCCCCCCC)OC(=O)CCCCCCCCCCC(C)C. The lowest BCUT2D eigenvalue weighted by atomic mass is 10.0. The second-order valence-corrected chi connectivity index (χ2v) is 29.0. The number of rotatable bonds is 71. The van der Waals surface area contributed by atoms with Gasteiger partial charge in [-0.2, -0.15) is 0 Å². The molecule has 0 rings (SSSR count). The van der Waals surface area contributed by atoms with E-state index in [0.29, 0.717) is 25.7 Å². The number of carbonyl (C=O) groups is 4. The number of unbranched alkanes of at least 4 members (excludes halogenated alkanes) is 43. The molecule has 0 aliphatic carbocycles. The lowest BCUT2D eigenvalue weighted by Gasteiger charge is -2.21. The molecule has 0 heterocycles. The van der Waals surface area contributed by atoms with Crippen molar-refractivity contribution < 1.29 is 80.2 Å². The molecule has 0 aromatic carbocycles. The Kier molecular flexibility index (Phi) is 63.0. The Bertz CT molecular complexity index is 1740. The summed E-state index contributed by atoms with van der Waals surface area (Å²) in [6.45, 7) is 7.17. The molecule has 5 atom stereocenters. The van der Waals surface area contributed by atoms with E-state index in [4.69, 9.17) is 37.0 Å². The van der Waals surface area contributed by atoms with E-state index in [1.165, 1.54) is 180 Å². The van der Waals surface area contributed by atoms with Gasteiger partial charge in [0.1, 0.15) is 19.3 Å². The number of hydrogen-bond donors (Lipinski definition) is 3. The van der Waals surface area contributed by atoms with E-state index in [9.17, 15) is 43.2 Å². The minimum Gasteiger partial charge on any atom is -0.462 e. The molecule has 3 N–H and O–H groups in total. The molecule has 90 heavy (non-hydrogen) atoms. The van der Waals surface area contributed by atoms with Gasteiger partial charge in [0.2, 0.25) is 0 Å². The first-order valence-electron chi connectivity index (χ1n) is 37.1. The van der Waals surface area contributed by atoms with Crippen LogP contribution in [-0.4, -0.2) is 96.7 Å². The number of phosphoric acid groups is 2. The number of esters is 4. The third-order valence-electron chi connectivity index (χ3n) is 16.5. The van der Waals surface area contributed by atoms with Crippen LogP contribution >= 0.6 is 15.6 Å². The van der Waals surface area contributed by atoms with Crippen LogP contribution in [0.2, 0.25) is 0 Å². The summed E-state index contributed by atoms with van der Waals surface area (Å²) in [6, 6.07) is 0. The monoisotopic (exact) mass is 1320 g/mol. The quantitative estimate of drug-likeness (QED) is 0.0222. The van der Waals surface area contributed by atoms with E-state index in [0.717, 1.165) is 109 Å². The highest BCUT2D eigenvalue weighted by atomic mass is 31.2. The molecule has 0 aromatic heterocycles. The van der Waals surface area contributed by atoms with Crippen molar-refractivity contribution in [1.29, 1.82) is 0 Å². The average Bonchev–Trinajstić information content (AvgIpc) is 3.51. The van der Waals surface area contributed by atoms with Crippen LogP contribution in [0.25, 0.3) is 0 Å². The second kappa shape index (κ2) is 64.4. The molecule has 0 aliphatic heterocycles. The van der Waals surface area contributed by atoms with Crippen molar-refractivity contribution in [3.63, 3.8) is 0 Å². The maximum Gasteiger partial charge on any atom is 0.472 e. The average molecular weight is 1330 g/mol. The Balaban J connectivity index is 5.15. The van der Waals surface area contributed by atoms with Gasteiger partial charge in [-0.3, -0.25) is 37.3 Å². The Hall–Kier alpha value is -1.94. The van der Waals surface area contributed by atoms with Crippen LogP contribution in [0.4, 0.5) is 0 Å². The fourth-order valence-corrected chi connectivity index (χ4v) is 12.4. The van der Waals surface area contributed by atoms with Crippen molar-refractivity contribution in [2.45, 2.75) is 387 Å². The van der Waals surface area contributed by atoms with Crippen LogP contribution in [0.3, 0.4) is 0 Å². The molecule has 0 spiro atoms. The predicted octanol–water partition coefficient (Wildman–Crippen LogP) is 20.5. The molecule has 0 bridgehead atoms. The van der Waals surface area contributed by atoms with E-state index >= 15 is 0 Å². The summed E-state index contributed by atoms with van der Waals surface area (Å²) in [5.74, 6) is -1.41. The molecule has 0 saturated heterocycles. The van der Waals surface area contributed by atoms with Gasteiger partial charge in [0.05, 0.1) is 26.4 Å². The molecule has 0 aliphatic rings. The highest BCUT2D eigenvalue weighted by Crippen LogP contribution is 2.45. The summed E-state index contributed by atoms with van der Waals surface area (Å²) in [5, 5.41) is 10.6. The molecular formula is C71H138O17P2. The zero-order valence-corrected chi connectivity index (χ0v) is 60.1. The number of phosphoric ester groups is 2. The van der Waals surface area contributed by atoms with Crippen molar-refractivity contribution in [3.05, 3.63) is 0 Å². The normalized spacial score (nSPS) is 14.1. The molecule has 0 aromatic rings. The molecular weight excluding hydrogens is 1190 g/mol. The van der Waals surface area contributed by atoms with Crippen LogP contribution in [0.5, 0.6) is 0 Å². The molecule has 17 nitrogen and oxygen atoms in total. The number of aliphatic hydroxyl groups excluding tert-OH is 1. The minimum absolute atomic E-state index is 0.104. The van der Waals surface area contributed by atoms with Crippen molar-refractivity contribution in [3.8, 4) is 0 Å². The van der Waals surface area contributed by atoms with Crippen molar-refractivity contribution >= 4 is 39.5 Å². The largest absolute Gasteiger partial charge is 0.472 e. The molecule has 19 heteroatoms. The van der Waals surface area contributed by atoms with E-state index in [2.05, 4.69) is 34.6 Å². The fourth-order valence-electron chi connectivity index (χ4n) is 10.8. The summed E-state index contributed by atoms with van der Waals surface area (Å²) < 4.78 is 68.2. The van der Waals surface area contributed by atoms with E-state index in [-0.39, 0.29) is 25.7 Å². The van der Waals surface area contributed by atoms with Gasteiger partial charge in [0.15, 0.2) is 12.2 Å². The van der Waals surface area contributed by atoms with E-state index in [1.54, 1.807) is 0 Å². The van der Waals surface area contributed by atoms with Gasteiger partial charge in [-0.25, -0.2) is 9.13 Å². The lowest BCUT2D eigenvalue weighted by Crippen LogP contribution is -2.30. The molecule has 0 saturated carbocycles. The van der Waals surface area contributed by atoms with Crippen molar-refractivity contribution in [2.75, 3.05) is 39.6 Å². The topological polar surface area (TPSA) is 237 Å². The highest BCUT2D eigenvalue weighted by molar-refractivity contribution is 7.47. The summed E-state index contributed by atoms with van der Waals surface area (Å²) in [6.07, 6.45) is 51.6. The number of aliphatic hydroxyl groups is 1. The zero-order chi connectivity index (χ0) is 66.3. The van der Waals surface area contributed by atoms with Gasteiger partial charge < -0.3 is 33.8 Å². The highest BCUT2D eigenvalue weighted by Gasteiger charge is 2.30. The molecule has 0 amide bonds. The van der Waals surface area contributed by atoms with Crippen LogP contribution in [0, 0.1) is 5.92 Å². The third kappa shape index (κ3) is 64.8.